The number of unbranched alkanes of at least 4 members (excludes halogenated alkanes) is 1. The van der Waals surface area contributed by atoms with Gasteiger partial charge in [0.05, 0.1) is 0 Å². The number of furan rings is 1. The standard InChI is InChI=1S/C16H21NO/c1-4-5-6-15-11-12-16(18-15)13-7-9-14(10-8-13)17(2)3/h7-12H,4-6H2,1-3H3. The van der Waals surface area contributed by atoms with Gasteiger partial charge in [0.15, 0.2) is 0 Å². The van der Waals surface area contributed by atoms with Crippen molar-refractivity contribution < 1.29 is 4.42 Å². The Hall–Kier alpha value is -1.70. The zero-order chi connectivity index (χ0) is 13.0. The molecule has 0 aliphatic carbocycles. The van der Waals surface area contributed by atoms with E-state index in [1.165, 1.54) is 18.5 Å². The van der Waals surface area contributed by atoms with Crippen LogP contribution >= 0.6 is 0 Å². The first-order valence-electron chi connectivity index (χ1n) is 6.57. The second kappa shape index (κ2) is 5.76. The SMILES string of the molecule is CCCCc1ccc(-c2ccc(N(C)C)cc2)o1. The fourth-order valence-electron chi connectivity index (χ4n) is 1.94. The number of aryl methyl sites for hydroxylation is 1. The third-order valence-electron chi connectivity index (χ3n) is 3.11. The Morgan fingerprint density at radius 1 is 1.00 bits per heavy atom. The summed E-state index contributed by atoms with van der Waals surface area (Å²) in [7, 11) is 4.09. The van der Waals surface area contributed by atoms with Gasteiger partial charge in [0.2, 0.25) is 0 Å². The Bertz CT molecular complexity index is 482. The molecule has 0 amide bonds. The third kappa shape index (κ3) is 2.95. The average molecular weight is 243 g/mol. The molecule has 0 atom stereocenters. The van der Waals surface area contributed by atoms with E-state index in [0.29, 0.717) is 0 Å². The molecule has 0 spiro atoms. The van der Waals surface area contributed by atoms with Gasteiger partial charge in [-0.15, -0.1) is 0 Å². The van der Waals surface area contributed by atoms with E-state index >= 15 is 0 Å². The molecule has 2 nitrogen and oxygen atoms in total. The first-order chi connectivity index (χ1) is 8.70. The van der Waals surface area contributed by atoms with E-state index in [9.17, 15) is 0 Å². The van der Waals surface area contributed by atoms with Crippen molar-refractivity contribution in [2.24, 2.45) is 0 Å². The number of hydrogen-bond donors (Lipinski definition) is 0. The molecule has 0 aliphatic heterocycles. The molecule has 2 heteroatoms. The number of anilines is 1. The molecule has 0 radical (unpaired) electrons. The maximum Gasteiger partial charge on any atom is 0.134 e. The van der Waals surface area contributed by atoms with Gasteiger partial charge in [0, 0.05) is 31.8 Å². The molecule has 1 heterocycles. The highest BCUT2D eigenvalue weighted by Gasteiger charge is 2.05. The largest absolute Gasteiger partial charge is 0.461 e. The minimum Gasteiger partial charge on any atom is -0.461 e. The van der Waals surface area contributed by atoms with E-state index in [1.807, 2.05) is 14.1 Å². The minimum absolute atomic E-state index is 0.964. The van der Waals surface area contributed by atoms with E-state index in [2.05, 4.69) is 48.2 Å². The van der Waals surface area contributed by atoms with Gasteiger partial charge in [-0.05, 0) is 42.8 Å². The van der Waals surface area contributed by atoms with Crippen LogP contribution in [0.15, 0.2) is 40.8 Å². The van der Waals surface area contributed by atoms with Gasteiger partial charge >= 0.3 is 0 Å². The second-order valence-corrected chi connectivity index (χ2v) is 4.81. The summed E-state index contributed by atoms with van der Waals surface area (Å²) in [4.78, 5) is 2.10. The van der Waals surface area contributed by atoms with Crippen LogP contribution in [0.2, 0.25) is 0 Å². The molecule has 0 bridgehead atoms. The van der Waals surface area contributed by atoms with E-state index in [4.69, 9.17) is 4.42 Å². The minimum atomic E-state index is 0.964. The van der Waals surface area contributed by atoms with Gasteiger partial charge in [-0.25, -0.2) is 0 Å². The maximum absolute atomic E-state index is 5.86. The summed E-state index contributed by atoms with van der Waals surface area (Å²) >= 11 is 0. The molecule has 0 unspecified atom stereocenters. The lowest BCUT2D eigenvalue weighted by Crippen LogP contribution is -2.07. The molecular formula is C16H21NO. The molecule has 0 saturated carbocycles. The first-order valence-corrected chi connectivity index (χ1v) is 6.57. The number of rotatable bonds is 5. The zero-order valence-corrected chi connectivity index (χ0v) is 11.4. The number of hydrogen-bond acceptors (Lipinski definition) is 2. The smallest absolute Gasteiger partial charge is 0.134 e. The van der Waals surface area contributed by atoms with Crippen LogP contribution in [0.1, 0.15) is 25.5 Å². The Kier molecular flexibility index (Phi) is 4.08. The Labute approximate surface area is 109 Å². The van der Waals surface area contributed by atoms with Crippen LogP contribution in [0.25, 0.3) is 11.3 Å². The molecule has 0 fully saturated rings. The number of benzene rings is 1. The summed E-state index contributed by atoms with van der Waals surface area (Å²) in [6.45, 7) is 2.20. The molecular weight excluding hydrogens is 222 g/mol. The Morgan fingerprint density at radius 2 is 1.72 bits per heavy atom. The predicted molar refractivity (Wildman–Crippen MR) is 77.1 cm³/mol. The van der Waals surface area contributed by atoms with Crippen molar-refractivity contribution in [3.05, 3.63) is 42.2 Å². The molecule has 2 rings (SSSR count). The highest BCUT2D eigenvalue weighted by Crippen LogP contribution is 2.25. The lowest BCUT2D eigenvalue weighted by atomic mass is 10.1. The lowest BCUT2D eigenvalue weighted by molar-refractivity contribution is 0.512. The maximum atomic E-state index is 5.86. The normalized spacial score (nSPS) is 10.6. The van der Waals surface area contributed by atoms with Crippen molar-refractivity contribution in [3.8, 4) is 11.3 Å². The molecule has 0 saturated heterocycles. The second-order valence-electron chi connectivity index (χ2n) is 4.81. The van der Waals surface area contributed by atoms with E-state index in [-0.39, 0.29) is 0 Å². The van der Waals surface area contributed by atoms with Crippen LogP contribution in [0, 0.1) is 0 Å². The summed E-state index contributed by atoms with van der Waals surface area (Å²) < 4.78 is 5.86. The van der Waals surface area contributed by atoms with Crippen LogP contribution in [-0.4, -0.2) is 14.1 Å². The topological polar surface area (TPSA) is 16.4 Å². The van der Waals surface area contributed by atoms with Gasteiger partial charge in [0.25, 0.3) is 0 Å². The van der Waals surface area contributed by atoms with Crippen LogP contribution in [0.3, 0.4) is 0 Å². The van der Waals surface area contributed by atoms with Crippen molar-refractivity contribution in [2.75, 3.05) is 19.0 Å². The molecule has 2 aromatic rings. The molecule has 0 N–H and O–H groups in total. The Balaban J connectivity index is 2.13. The molecule has 1 aromatic heterocycles. The van der Waals surface area contributed by atoms with Gasteiger partial charge < -0.3 is 9.32 Å². The summed E-state index contributed by atoms with van der Waals surface area (Å²) in [5.74, 6) is 2.05. The van der Waals surface area contributed by atoms with Crippen molar-refractivity contribution in [1.29, 1.82) is 0 Å². The molecule has 18 heavy (non-hydrogen) atoms. The van der Waals surface area contributed by atoms with Gasteiger partial charge in [-0.1, -0.05) is 13.3 Å². The zero-order valence-electron chi connectivity index (χ0n) is 11.4. The van der Waals surface area contributed by atoms with Gasteiger partial charge in [0.1, 0.15) is 11.5 Å². The van der Waals surface area contributed by atoms with Crippen molar-refractivity contribution in [1.82, 2.24) is 0 Å². The monoisotopic (exact) mass is 243 g/mol. The Morgan fingerprint density at radius 3 is 2.33 bits per heavy atom. The molecule has 1 aromatic carbocycles. The van der Waals surface area contributed by atoms with Crippen LogP contribution < -0.4 is 4.90 Å². The van der Waals surface area contributed by atoms with Gasteiger partial charge in [-0.3, -0.25) is 0 Å². The van der Waals surface area contributed by atoms with Gasteiger partial charge in [-0.2, -0.15) is 0 Å². The fourth-order valence-corrected chi connectivity index (χ4v) is 1.94. The highest BCUT2D eigenvalue weighted by molar-refractivity contribution is 5.61. The average Bonchev–Trinajstić information content (AvgIpc) is 2.85. The van der Waals surface area contributed by atoms with E-state index < -0.39 is 0 Å². The van der Waals surface area contributed by atoms with Crippen LogP contribution in [0.4, 0.5) is 5.69 Å². The lowest BCUT2D eigenvalue weighted by Gasteiger charge is -2.12. The molecule has 96 valence electrons. The van der Waals surface area contributed by atoms with Crippen molar-refractivity contribution in [2.45, 2.75) is 26.2 Å². The van der Waals surface area contributed by atoms with Crippen LogP contribution in [0.5, 0.6) is 0 Å². The van der Waals surface area contributed by atoms with Crippen LogP contribution in [-0.2, 0) is 6.42 Å². The number of nitrogens with zero attached hydrogens (tertiary/aromatic N) is 1. The van der Waals surface area contributed by atoms with Crippen molar-refractivity contribution in [3.63, 3.8) is 0 Å². The first kappa shape index (κ1) is 12.7. The quantitative estimate of drug-likeness (QED) is 0.776. The van der Waals surface area contributed by atoms with Crippen molar-refractivity contribution >= 4 is 5.69 Å². The fraction of sp³-hybridized carbons (Fsp3) is 0.375. The van der Waals surface area contributed by atoms with E-state index in [1.54, 1.807) is 0 Å². The third-order valence-corrected chi connectivity index (χ3v) is 3.11. The van der Waals surface area contributed by atoms with E-state index in [0.717, 1.165) is 23.5 Å². The summed E-state index contributed by atoms with van der Waals surface area (Å²) in [6.07, 6.45) is 3.42. The summed E-state index contributed by atoms with van der Waals surface area (Å²) in [5.41, 5.74) is 2.35. The summed E-state index contributed by atoms with van der Waals surface area (Å²) in [5, 5.41) is 0. The highest BCUT2D eigenvalue weighted by atomic mass is 16.3. The summed E-state index contributed by atoms with van der Waals surface area (Å²) in [6, 6.07) is 12.6. The predicted octanol–water partition coefficient (Wildman–Crippen LogP) is 4.36. The molecule has 0 aliphatic rings.